The molecule has 1 fully saturated rings. The molecule has 0 spiro atoms. The molecule has 0 bridgehead atoms. The van der Waals surface area contributed by atoms with E-state index in [9.17, 15) is 4.79 Å². The lowest BCUT2D eigenvalue weighted by Gasteiger charge is -2.38. The van der Waals surface area contributed by atoms with Gasteiger partial charge in [0.05, 0.1) is 0 Å². The van der Waals surface area contributed by atoms with E-state index in [0.717, 1.165) is 37.1 Å². The SMILES string of the molecule is Cc1ccc(OCC(=O)N2CCCCC2C(C)N)c(C)c1.Cl. The summed E-state index contributed by atoms with van der Waals surface area (Å²) in [6.45, 7) is 6.90. The predicted octanol–water partition coefficient (Wildman–Crippen LogP) is 2.83. The van der Waals surface area contributed by atoms with Crippen LogP contribution in [0.5, 0.6) is 5.75 Å². The fourth-order valence-corrected chi connectivity index (χ4v) is 3.00. The third kappa shape index (κ3) is 4.62. The van der Waals surface area contributed by atoms with Crippen LogP contribution in [-0.4, -0.2) is 36.0 Å². The van der Waals surface area contributed by atoms with Crippen LogP contribution in [0.4, 0.5) is 0 Å². The van der Waals surface area contributed by atoms with Gasteiger partial charge in [-0.3, -0.25) is 4.79 Å². The van der Waals surface area contributed by atoms with Crippen molar-refractivity contribution in [3.05, 3.63) is 29.3 Å². The number of likely N-dealkylation sites (tertiary alicyclic amines) is 1. The summed E-state index contributed by atoms with van der Waals surface area (Å²) >= 11 is 0. The molecule has 2 rings (SSSR count). The molecule has 1 saturated heterocycles. The normalized spacial score (nSPS) is 19.3. The Morgan fingerprint density at radius 3 is 2.77 bits per heavy atom. The van der Waals surface area contributed by atoms with E-state index < -0.39 is 0 Å². The number of hydrogen-bond acceptors (Lipinski definition) is 3. The molecule has 0 aromatic heterocycles. The first kappa shape index (κ1) is 18.8. The van der Waals surface area contributed by atoms with Gasteiger partial charge in [-0.15, -0.1) is 12.4 Å². The zero-order valence-electron chi connectivity index (χ0n) is 13.7. The number of carbonyl (C=O) groups excluding carboxylic acids is 1. The van der Waals surface area contributed by atoms with Gasteiger partial charge in [-0.2, -0.15) is 0 Å². The molecule has 1 heterocycles. The number of piperidine rings is 1. The summed E-state index contributed by atoms with van der Waals surface area (Å²) in [5, 5.41) is 0. The highest BCUT2D eigenvalue weighted by Crippen LogP contribution is 2.21. The third-order valence-electron chi connectivity index (χ3n) is 4.16. The molecule has 124 valence electrons. The van der Waals surface area contributed by atoms with Crippen LogP contribution in [0, 0.1) is 13.8 Å². The van der Waals surface area contributed by atoms with Crippen molar-refractivity contribution in [1.29, 1.82) is 0 Å². The van der Waals surface area contributed by atoms with Crippen molar-refractivity contribution in [2.24, 2.45) is 5.73 Å². The van der Waals surface area contributed by atoms with Gasteiger partial charge in [0.2, 0.25) is 0 Å². The van der Waals surface area contributed by atoms with E-state index in [1.807, 2.05) is 37.8 Å². The Kier molecular flexibility index (Phi) is 7.17. The van der Waals surface area contributed by atoms with Crippen molar-refractivity contribution in [3.63, 3.8) is 0 Å². The summed E-state index contributed by atoms with van der Waals surface area (Å²) in [4.78, 5) is 14.3. The Bertz CT molecular complexity index is 505. The van der Waals surface area contributed by atoms with Crippen LogP contribution in [0.15, 0.2) is 18.2 Å². The number of benzene rings is 1. The first-order valence-electron chi connectivity index (χ1n) is 7.74. The van der Waals surface area contributed by atoms with E-state index in [1.54, 1.807) is 0 Å². The van der Waals surface area contributed by atoms with E-state index in [2.05, 4.69) is 6.07 Å². The maximum Gasteiger partial charge on any atom is 0.260 e. The Balaban J connectivity index is 0.00000242. The van der Waals surface area contributed by atoms with E-state index in [-0.39, 0.29) is 37.0 Å². The lowest BCUT2D eigenvalue weighted by Crippen LogP contribution is -2.52. The molecule has 5 heteroatoms. The highest BCUT2D eigenvalue weighted by molar-refractivity contribution is 5.85. The van der Waals surface area contributed by atoms with Gasteiger partial charge in [-0.25, -0.2) is 0 Å². The van der Waals surface area contributed by atoms with Crippen molar-refractivity contribution >= 4 is 18.3 Å². The average molecular weight is 327 g/mol. The molecule has 1 aliphatic rings. The quantitative estimate of drug-likeness (QED) is 0.925. The molecule has 0 aliphatic carbocycles. The molecular formula is C17H27ClN2O2. The molecule has 22 heavy (non-hydrogen) atoms. The monoisotopic (exact) mass is 326 g/mol. The van der Waals surface area contributed by atoms with Crippen LogP contribution in [-0.2, 0) is 4.79 Å². The average Bonchev–Trinajstić information content (AvgIpc) is 2.46. The smallest absolute Gasteiger partial charge is 0.260 e. The topological polar surface area (TPSA) is 55.6 Å². The Hall–Kier alpha value is -1.26. The summed E-state index contributed by atoms with van der Waals surface area (Å²) in [6.07, 6.45) is 3.19. The standard InChI is InChI=1S/C17H26N2O2.ClH/c1-12-7-8-16(13(2)10-12)21-11-17(20)19-9-5-4-6-15(19)14(3)18;/h7-8,10,14-15H,4-6,9,11,18H2,1-3H3;1H. The summed E-state index contributed by atoms with van der Waals surface area (Å²) in [5.74, 6) is 0.820. The number of hydrogen-bond donors (Lipinski definition) is 1. The molecule has 2 unspecified atom stereocenters. The van der Waals surface area contributed by atoms with Crippen LogP contribution in [0.3, 0.4) is 0 Å². The van der Waals surface area contributed by atoms with E-state index in [1.165, 1.54) is 5.56 Å². The van der Waals surface area contributed by atoms with Gasteiger partial charge in [0.15, 0.2) is 6.61 Å². The number of rotatable bonds is 4. The van der Waals surface area contributed by atoms with Gasteiger partial charge in [-0.1, -0.05) is 17.7 Å². The number of nitrogens with two attached hydrogens (primary N) is 1. The van der Waals surface area contributed by atoms with E-state index in [4.69, 9.17) is 10.5 Å². The Morgan fingerprint density at radius 1 is 1.41 bits per heavy atom. The van der Waals surface area contributed by atoms with Crippen LogP contribution < -0.4 is 10.5 Å². The molecule has 0 radical (unpaired) electrons. The summed E-state index contributed by atoms with van der Waals surface area (Å²) in [5.41, 5.74) is 8.26. The van der Waals surface area contributed by atoms with E-state index in [0.29, 0.717) is 0 Å². The Labute approximate surface area is 139 Å². The van der Waals surface area contributed by atoms with Gasteiger partial charge < -0.3 is 15.4 Å². The number of halogens is 1. The van der Waals surface area contributed by atoms with Gasteiger partial charge >= 0.3 is 0 Å². The maximum absolute atomic E-state index is 12.4. The molecule has 4 nitrogen and oxygen atoms in total. The number of aryl methyl sites for hydroxylation is 2. The lowest BCUT2D eigenvalue weighted by atomic mass is 9.97. The summed E-state index contributed by atoms with van der Waals surface area (Å²) in [6, 6.07) is 6.14. The highest BCUT2D eigenvalue weighted by atomic mass is 35.5. The minimum atomic E-state index is 0. The van der Waals surface area contributed by atoms with Crippen molar-refractivity contribution in [2.45, 2.75) is 52.1 Å². The number of carbonyl (C=O) groups is 1. The van der Waals surface area contributed by atoms with Crippen molar-refractivity contribution in [2.75, 3.05) is 13.2 Å². The molecule has 1 amide bonds. The summed E-state index contributed by atoms with van der Waals surface area (Å²) in [7, 11) is 0. The first-order chi connectivity index (χ1) is 9.99. The van der Waals surface area contributed by atoms with Crippen molar-refractivity contribution < 1.29 is 9.53 Å². The van der Waals surface area contributed by atoms with Crippen molar-refractivity contribution in [3.8, 4) is 5.75 Å². The van der Waals surface area contributed by atoms with Crippen LogP contribution >= 0.6 is 12.4 Å². The molecule has 1 aliphatic heterocycles. The zero-order valence-corrected chi connectivity index (χ0v) is 14.5. The van der Waals surface area contributed by atoms with Crippen LogP contribution in [0.2, 0.25) is 0 Å². The zero-order chi connectivity index (χ0) is 15.4. The third-order valence-corrected chi connectivity index (χ3v) is 4.16. The maximum atomic E-state index is 12.4. The minimum absolute atomic E-state index is 0. The molecule has 2 atom stereocenters. The molecule has 1 aromatic carbocycles. The highest BCUT2D eigenvalue weighted by Gasteiger charge is 2.29. The molecular weight excluding hydrogens is 300 g/mol. The number of nitrogens with zero attached hydrogens (tertiary/aromatic N) is 1. The second kappa shape index (κ2) is 8.39. The fourth-order valence-electron chi connectivity index (χ4n) is 3.00. The van der Waals surface area contributed by atoms with Gasteiger partial charge in [0, 0.05) is 18.6 Å². The van der Waals surface area contributed by atoms with E-state index >= 15 is 0 Å². The Morgan fingerprint density at radius 2 is 2.14 bits per heavy atom. The minimum Gasteiger partial charge on any atom is -0.484 e. The second-order valence-corrected chi connectivity index (χ2v) is 6.07. The molecule has 2 N–H and O–H groups in total. The first-order valence-corrected chi connectivity index (χ1v) is 7.74. The molecule has 0 saturated carbocycles. The lowest BCUT2D eigenvalue weighted by molar-refractivity contribution is -0.137. The van der Waals surface area contributed by atoms with Gasteiger partial charge in [0.25, 0.3) is 5.91 Å². The number of ether oxygens (including phenoxy) is 1. The molecule has 1 aromatic rings. The predicted molar refractivity (Wildman–Crippen MR) is 91.7 cm³/mol. The van der Waals surface area contributed by atoms with Crippen LogP contribution in [0.25, 0.3) is 0 Å². The van der Waals surface area contributed by atoms with Crippen molar-refractivity contribution in [1.82, 2.24) is 4.90 Å². The largest absolute Gasteiger partial charge is 0.484 e. The van der Waals surface area contributed by atoms with Gasteiger partial charge in [-0.05, 0) is 51.7 Å². The number of amides is 1. The van der Waals surface area contributed by atoms with Crippen LogP contribution in [0.1, 0.15) is 37.3 Å². The van der Waals surface area contributed by atoms with Gasteiger partial charge in [0.1, 0.15) is 5.75 Å². The fraction of sp³-hybridized carbons (Fsp3) is 0.588. The summed E-state index contributed by atoms with van der Waals surface area (Å²) < 4.78 is 5.70. The second-order valence-electron chi connectivity index (χ2n) is 6.07.